The van der Waals surface area contributed by atoms with Crippen LogP contribution in [0.3, 0.4) is 0 Å². The second-order valence-electron chi connectivity index (χ2n) is 4.91. The van der Waals surface area contributed by atoms with Gasteiger partial charge in [-0.3, -0.25) is 9.36 Å². The van der Waals surface area contributed by atoms with Gasteiger partial charge < -0.3 is 9.47 Å². The Morgan fingerprint density at radius 2 is 2.04 bits per heavy atom. The fourth-order valence-corrected chi connectivity index (χ4v) is 3.78. The first-order valence-electron chi connectivity index (χ1n) is 6.94. The number of nitrogens with zero attached hydrogens (tertiary/aromatic N) is 2. The van der Waals surface area contributed by atoms with E-state index in [1.807, 2.05) is 29.8 Å². The first-order valence-corrected chi connectivity index (χ1v) is 8.61. The second-order valence-corrected chi connectivity index (χ2v) is 6.60. The van der Waals surface area contributed by atoms with E-state index < -0.39 is 0 Å². The maximum Gasteiger partial charge on any atom is 0.194 e. The van der Waals surface area contributed by atoms with Gasteiger partial charge in [0.2, 0.25) is 0 Å². The first-order chi connectivity index (χ1) is 11.3. The third kappa shape index (κ3) is 2.55. The molecular weight excluding hydrogens is 380 g/mol. The van der Waals surface area contributed by atoms with E-state index in [0.29, 0.717) is 18.9 Å². The molecule has 116 valence electrons. The van der Waals surface area contributed by atoms with Gasteiger partial charge in [-0.05, 0) is 40.2 Å². The molecule has 0 aliphatic carbocycles. The molecule has 0 spiro atoms. The maximum absolute atomic E-state index is 11.1. The molecule has 0 amide bonds. The van der Waals surface area contributed by atoms with E-state index in [1.54, 1.807) is 10.6 Å². The van der Waals surface area contributed by atoms with Crippen molar-refractivity contribution in [3.63, 3.8) is 0 Å². The largest absolute Gasteiger partial charge is 0.486 e. The van der Waals surface area contributed by atoms with Crippen LogP contribution in [0.25, 0.3) is 16.4 Å². The van der Waals surface area contributed by atoms with Crippen LogP contribution >= 0.6 is 27.3 Å². The molecule has 2 aromatic heterocycles. The highest BCUT2D eigenvalue weighted by Gasteiger charge is 2.18. The normalized spacial score (nSPS) is 13.1. The van der Waals surface area contributed by atoms with E-state index in [9.17, 15) is 4.79 Å². The van der Waals surface area contributed by atoms with Crippen molar-refractivity contribution in [2.24, 2.45) is 0 Å². The number of thiazole rings is 1. The van der Waals surface area contributed by atoms with Crippen LogP contribution in [-0.2, 0) is 0 Å². The third-order valence-electron chi connectivity index (χ3n) is 3.51. The number of aromatic nitrogens is 2. The number of rotatable bonds is 3. The fourth-order valence-electron chi connectivity index (χ4n) is 2.42. The Bertz CT molecular complexity index is 887. The number of benzene rings is 1. The number of carbonyl (C=O) groups is 1. The maximum atomic E-state index is 11.1. The van der Waals surface area contributed by atoms with Gasteiger partial charge in [0.05, 0.1) is 11.4 Å². The second kappa shape index (κ2) is 5.82. The summed E-state index contributed by atoms with van der Waals surface area (Å²) in [5, 5.41) is 2.70. The molecule has 0 radical (unpaired) electrons. The van der Waals surface area contributed by atoms with Gasteiger partial charge in [-0.15, -0.1) is 11.3 Å². The van der Waals surface area contributed by atoms with Crippen LogP contribution in [-0.4, -0.2) is 29.1 Å². The minimum atomic E-state index is 0.544. The quantitative estimate of drug-likeness (QED) is 0.635. The minimum Gasteiger partial charge on any atom is -0.486 e. The topological polar surface area (TPSA) is 53.4 Å². The average Bonchev–Trinajstić information content (AvgIpc) is 3.22. The van der Waals surface area contributed by atoms with Crippen LogP contribution in [0.5, 0.6) is 11.5 Å². The van der Waals surface area contributed by atoms with Gasteiger partial charge >= 0.3 is 0 Å². The van der Waals surface area contributed by atoms with Crippen LogP contribution < -0.4 is 9.47 Å². The number of ether oxygens (including phenoxy) is 2. The molecule has 0 atom stereocenters. The van der Waals surface area contributed by atoms with Crippen molar-refractivity contribution in [3.8, 4) is 27.9 Å². The Morgan fingerprint density at radius 1 is 1.26 bits per heavy atom. The van der Waals surface area contributed by atoms with Crippen molar-refractivity contribution < 1.29 is 14.3 Å². The molecule has 0 saturated heterocycles. The summed E-state index contributed by atoms with van der Waals surface area (Å²) in [7, 11) is 0. The van der Waals surface area contributed by atoms with Crippen molar-refractivity contribution in [2.45, 2.75) is 0 Å². The Morgan fingerprint density at radius 3 is 2.83 bits per heavy atom. The molecule has 3 heterocycles. The molecule has 1 aliphatic heterocycles. The van der Waals surface area contributed by atoms with E-state index in [0.717, 1.165) is 38.6 Å². The highest BCUT2D eigenvalue weighted by atomic mass is 79.9. The van der Waals surface area contributed by atoms with E-state index in [2.05, 4.69) is 20.9 Å². The predicted molar refractivity (Wildman–Crippen MR) is 91.0 cm³/mol. The first kappa shape index (κ1) is 14.5. The van der Waals surface area contributed by atoms with Gasteiger partial charge in [0, 0.05) is 21.6 Å². The summed E-state index contributed by atoms with van der Waals surface area (Å²) in [5.74, 6) is 1.45. The number of carbonyl (C=O) groups excluding carboxylic acids is 1. The average molecular weight is 391 g/mol. The van der Waals surface area contributed by atoms with Crippen LogP contribution in [0.4, 0.5) is 0 Å². The number of aldehydes is 1. The summed E-state index contributed by atoms with van der Waals surface area (Å²) >= 11 is 5.04. The van der Waals surface area contributed by atoms with E-state index in [-0.39, 0.29) is 0 Å². The summed E-state index contributed by atoms with van der Waals surface area (Å²) in [6.07, 6.45) is 2.65. The molecule has 1 aliphatic rings. The fraction of sp³-hybridized carbons (Fsp3) is 0.125. The molecule has 23 heavy (non-hydrogen) atoms. The molecular formula is C16H11BrN2O3S. The summed E-state index contributed by atoms with van der Waals surface area (Å²) in [6.45, 7) is 1.10. The van der Waals surface area contributed by atoms with Gasteiger partial charge in [-0.1, -0.05) is 0 Å². The van der Waals surface area contributed by atoms with Gasteiger partial charge in [-0.2, -0.15) is 0 Å². The molecule has 0 unspecified atom stereocenters. The van der Waals surface area contributed by atoms with Gasteiger partial charge in [0.15, 0.2) is 22.9 Å². The Balaban J connectivity index is 1.76. The number of fused-ring (bicyclic) bond motifs is 1. The number of hydrogen-bond acceptors (Lipinski definition) is 5. The van der Waals surface area contributed by atoms with E-state index >= 15 is 0 Å². The minimum absolute atomic E-state index is 0.544. The summed E-state index contributed by atoms with van der Waals surface area (Å²) in [5.41, 5.74) is 2.32. The SMILES string of the molecule is O=Cc1cccn1-c1nc(-c2cc3c(cc2Br)OCCO3)cs1. The monoisotopic (exact) mass is 390 g/mol. The Labute approximate surface area is 144 Å². The van der Waals surface area contributed by atoms with E-state index in [1.165, 1.54) is 11.3 Å². The van der Waals surface area contributed by atoms with Crippen molar-refractivity contribution in [2.75, 3.05) is 13.2 Å². The number of halogens is 1. The molecule has 5 nitrogen and oxygen atoms in total. The van der Waals surface area contributed by atoms with Crippen molar-refractivity contribution in [1.29, 1.82) is 0 Å². The van der Waals surface area contributed by atoms with Crippen molar-refractivity contribution in [1.82, 2.24) is 9.55 Å². The van der Waals surface area contributed by atoms with E-state index in [4.69, 9.17) is 9.47 Å². The zero-order valence-corrected chi connectivity index (χ0v) is 14.3. The molecule has 0 N–H and O–H groups in total. The summed E-state index contributed by atoms with van der Waals surface area (Å²) in [6, 6.07) is 7.40. The molecule has 0 fully saturated rings. The standard InChI is InChI=1S/C16H11BrN2O3S/c17-12-7-15-14(21-4-5-22-15)6-11(12)13-9-23-16(18-13)19-3-1-2-10(19)8-20/h1-3,6-9H,4-5H2. The Kier molecular flexibility index (Phi) is 3.66. The van der Waals surface area contributed by atoms with Crippen molar-refractivity contribution in [3.05, 3.63) is 46.0 Å². The Hall–Kier alpha value is -2.12. The molecule has 0 saturated carbocycles. The van der Waals surface area contributed by atoms with Gasteiger partial charge in [-0.25, -0.2) is 4.98 Å². The highest BCUT2D eigenvalue weighted by molar-refractivity contribution is 9.10. The van der Waals surface area contributed by atoms with Crippen LogP contribution in [0, 0.1) is 0 Å². The lowest BCUT2D eigenvalue weighted by Crippen LogP contribution is -2.15. The molecule has 7 heteroatoms. The van der Waals surface area contributed by atoms with Crippen molar-refractivity contribution >= 4 is 33.6 Å². The van der Waals surface area contributed by atoms with Crippen LogP contribution in [0.1, 0.15) is 10.5 Å². The van der Waals surface area contributed by atoms with Crippen LogP contribution in [0.2, 0.25) is 0 Å². The highest BCUT2D eigenvalue weighted by Crippen LogP contribution is 2.40. The smallest absolute Gasteiger partial charge is 0.194 e. The predicted octanol–water partition coefficient (Wildman–Crippen LogP) is 3.95. The van der Waals surface area contributed by atoms with Crippen LogP contribution in [0.15, 0.2) is 40.3 Å². The molecule has 3 aromatic rings. The molecule has 1 aromatic carbocycles. The lowest BCUT2D eigenvalue weighted by atomic mass is 10.1. The zero-order valence-electron chi connectivity index (χ0n) is 11.9. The molecule has 0 bridgehead atoms. The molecule has 4 rings (SSSR count). The lowest BCUT2D eigenvalue weighted by molar-refractivity contribution is 0.111. The van der Waals surface area contributed by atoms with Gasteiger partial charge in [0.1, 0.15) is 13.2 Å². The summed E-state index contributed by atoms with van der Waals surface area (Å²) < 4.78 is 13.9. The van der Waals surface area contributed by atoms with Gasteiger partial charge in [0.25, 0.3) is 0 Å². The third-order valence-corrected chi connectivity index (χ3v) is 5.00. The lowest BCUT2D eigenvalue weighted by Gasteiger charge is -2.19. The zero-order chi connectivity index (χ0) is 15.8. The summed E-state index contributed by atoms with van der Waals surface area (Å²) in [4.78, 5) is 15.7. The number of hydrogen-bond donors (Lipinski definition) is 0.